The van der Waals surface area contributed by atoms with Gasteiger partial charge < -0.3 is 0 Å². The van der Waals surface area contributed by atoms with Crippen LogP contribution >= 0.6 is 6.19 Å². The van der Waals surface area contributed by atoms with Crippen LogP contribution in [0.2, 0.25) is 0 Å². The predicted molar refractivity (Wildman–Crippen MR) is 84.7 cm³/mol. The fraction of sp³-hybridized carbons (Fsp3) is 0.200. The van der Waals surface area contributed by atoms with Crippen molar-refractivity contribution in [1.82, 2.24) is 5.09 Å². The average molecular weight is 275 g/mol. The Hall–Kier alpha value is -0.950. The van der Waals surface area contributed by atoms with Crippen LogP contribution in [0.15, 0.2) is 60.7 Å². The summed E-state index contributed by atoms with van der Waals surface area (Å²) in [5, 5.41) is 6.06. The van der Waals surface area contributed by atoms with E-state index in [0.29, 0.717) is 6.04 Å². The van der Waals surface area contributed by atoms with Gasteiger partial charge in [-0.25, -0.2) is 0 Å². The molecule has 0 spiro atoms. The van der Waals surface area contributed by atoms with Crippen LogP contribution in [0.25, 0.3) is 0 Å². The summed E-state index contributed by atoms with van der Waals surface area (Å²) in [6, 6.07) is 21.2. The van der Waals surface area contributed by atoms with Gasteiger partial charge in [-0.1, -0.05) is 72.5 Å². The van der Waals surface area contributed by atoms with Crippen molar-refractivity contribution in [3.63, 3.8) is 0 Å². The maximum Gasteiger partial charge on any atom is 0.0686 e. The van der Waals surface area contributed by atoms with Crippen LogP contribution in [0.1, 0.15) is 13.8 Å². The Morgan fingerprint density at radius 1 is 0.833 bits per heavy atom. The van der Waals surface area contributed by atoms with E-state index in [4.69, 9.17) is 11.8 Å². The Morgan fingerprint density at radius 2 is 1.22 bits per heavy atom. The van der Waals surface area contributed by atoms with Crippen molar-refractivity contribution in [2.24, 2.45) is 0 Å². The van der Waals surface area contributed by atoms with E-state index in [1.165, 1.54) is 10.6 Å². The zero-order valence-corrected chi connectivity index (χ0v) is 12.4. The highest BCUT2D eigenvalue weighted by Gasteiger charge is 2.22. The SMILES string of the molecule is CC(C)NP(=S)(c1ccccc1)c1ccccc1. The molecule has 0 unspecified atom stereocenters. The molecule has 0 aliphatic heterocycles. The molecule has 1 N–H and O–H groups in total. The summed E-state index contributed by atoms with van der Waals surface area (Å²) in [5.74, 6) is 0. The largest absolute Gasteiger partial charge is 0.279 e. The molecule has 18 heavy (non-hydrogen) atoms. The molecular weight excluding hydrogens is 257 g/mol. The predicted octanol–water partition coefficient (Wildman–Crippen LogP) is 3.03. The molecule has 2 rings (SSSR count). The van der Waals surface area contributed by atoms with Crippen molar-refractivity contribution >= 4 is 28.6 Å². The molecule has 3 heteroatoms. The molecule has 0 aromatic heterocycles. The topological polar surface area (TPSA) is 12.0 Å². The van der Waals surface area contributed by atoms with Crippen LogP contribution in [0.3, 0.4) is 0 Å². The molecule has 0 saturated heterocycles. The molecule has 0 radical (unpaired) electrons. The van der Waals surface area contributed by atoms with Gasteiger partial charge in [0.05, 0.1) is 6.19 Å². The highest BCUT2D eigenvalue weighted by Crippen LogP contribution is 2.39. The minimum atomic E-state index is -1.90. The highest BCUT2D eigenvalue weighted by atomic mass is 32.4. The minimum absolute atomic E-state index is 0.372. The fourth-order valence-electron chi connectivity index (χ4n) is 1.94. The van der Waals surface area contributed by atoms with E-state index in [0.717, 1.165) is 0 Å². The third-order valence-electron chi connectivity index (χ3n) is 2.68. The molecule has 0 aliphatic carbocycles. The van der Waals surface area contributed by atoms with Crippen LogP contribution in [0, 0.1) is 0 Å². The van der Waals surface area contributed by atoms with E-state index in [9.17, 15) is 0 Å². The zero-order valence-electron chi connectivity index (χ0n) is 10.7. The summed E-state index contributed by atoms with van der Waals surface area (Å²) in [6.45, 7) is 4.29. The van der Waals surface area contributed by atoms with Gasteiger partial charge in [-0.05, 0) is 13.8 Å². The molecule has 0 atom stereocenters. The molecule has 2 aromatic rings. The van der Waals surface area contributed by atoms with Gasteiger partial charge in [0.25, 0.3) is 0 Å². The number of rotatable bonds is 4. The van der Waals surface area contributed by atoms with Crippen molar-refractivity contribution < 1.29 is 0 Å². The number of hydrogen-bond acceptors (Lipinski definition) is 1. The van der Waals surface area contributed by atoms with Crippen LogP contribution in [-0.2, 0) is 11.8 Å². The van der Waals surface area contributed by atoms with Crippen LogP contribution in [0.4, 0.5) is 0 Å². The van der Waals surface area contributed by atoms with E-state index >= 15 is 0 Å². The Balaban J connectivity index is 2.52. The second kappa shape index (κ2) is 5.79. The maximum absolute atomic E-state index is 6.01. The first-order chi connectivity index (χ1) is 8.63. The Labute approximate surface area is 114 Å². The quantitative estimate of drug-likeness (QED) is 0.861. The van der Waals surface area contributed by atoms with Crippen LogP contribution in [0.5, 0.6) is 0 Å². The normalized spacial score (nSPS) is 11.7. The smallest absolute Gasteiger partial charge is 0.0686 e. The third-order valence-corrected chi connectivity index (χ3v) is 7.19. The summed E-state index contributed by atoms with van der Waals surface area (Å²) in [5.41, 5.74) is 0. The van der Waals surface area contributed by atoms with Gasteiger partial charge >= 0.3 is 0 Å². The molecule has 1 nitrogen and oxygen atoms in total. The van der Waals surface area contributed by atoms with Crippen molar-refractivity contribution in [2.45, 2.75) is 19.9 Å². The summed E-state index contributed by atoms with van der Waals surface area (Å²) in [6.07, 6.45) is -1.90. The molecule has 0 saturated carbocycles. The van der Waals surface area contributed by atoms with Crippen molar-refractivity contribution in [3.8, 4) is 0 Å². The lowest BCUT2D eigenvalue weighted by Gasteiger charge is -2.26. The summed E-state index contributed by atoms with van der Waals surface area (Å²) in [4.78, 5) is 0. The summed E-state index contributed by atoms with van der Waals surface area (Å²) in [7, 11) is 0. The number of benzene rings is 2. The molecule has 0 amide bonds. The average Bonchev–Trinajstić information content (AvgIpc) is 2.40. The molecule has 0 aliphatic rings. The Kier molecular flexibility index (Phi) is 4.34. The Bertz CT molecular complexity index is 493. The van der Waals surface area contributed by atoms with Crippen LogP contribution < -0.4 is 15.7 Å². The van der Waals surface area contributed by atoms with Crippen molar-refractivity contribution in [2.75, 3.05) is 0 Å². The lowest BCUT2D eigenvalue weighted by molar-refractivity contribution is 0.764. The van der Waals surface area contributed by atoms with Gasteiger partial charge in [0.15, 0.2) is 0 Å². The van der Waals surface area contributed by atoms with Gasteiger partial charge in [0.2, 0.25) is 0 Å². The maximum atomic E-state index is 6.01. The third kappa shape index (κ3) is 2.89. The standard InChI is InChI=1S/C15H18NPS/c1-13(2)16-17(18,14-9-5-3-6-10-14)15-11-7-4-8-12-15/h3-13H,1-2H3,(H,16,18). The molecular formula is C15H18NPS. The van der Waals surface area contributed by atoms with Gasteiger partial charge in [-0.2, -0.15) is 0 Å². The van der Waals surface area contributed by atoms with Gasteiger partial charge in [-0.3, -0.25) is 5.09 Å². The number of nitrogens with one attached hydrogen (secondary N) is 1. The lowest BCUT2D eigenvalue weighted by Crippen LogP contribution is -2.31. The van der Waals surface area contributed by atoms with E-state index in [-0.39, 0.29) is 0 Å². The van der Waals surface area contributed by atoms with E-state index in [1.54, 1.807) is 0 Å². The lowest BCUT2D eigenvalue weighted by atomic mass is 10.4. The van der Waals surface area contributed by atoms with Crippen molar-refractivity contribution in [1.29, 1.82) is 0 Å². The molecule has 94 valence electrons. The molecule has 0 heterocycles. The minimum Gasteiger partial charge on any atom is -0.279 e. The van der Waals surface area contributed by atoms with Gasteiger partial charge in [0.1, 0.15) is 0 Å². The first-order valence-electron chi connectivity index (χ1n) is 6.12. The fourth-order valence-corrected chi connectivity index (χ4v) is 5.81. The first kappa shape index (κ1) is 13.5. The molecule has 0 fully saturated rings. The second-order valence-electron chi connectivity index (χ2n) is 4.56. The van der Waals surface area contributed by atoms with Gasteiger partial charge in [-0.15, -0.1) is 0 Å². The highest BCUT2D eigenvalue weighted by molar-refractivity contribution is 8.20. The monoisotopic (exact) mass is 275 g/mol. The summed E-state index contributed by atoms with van der Waals surface area (Å²) < 4.78 is 0. The van der Waals surface area contributed by atoms with E-state index in [2.05, 4.69) is 67.5 Å². The molecule has 0 bridgehead atoms. The second-order valence-corrected chi connectivity index (χ2v) is 8.72. The number of hydrogen-bond donors (Lipinski definition) is 1. The summed E-state index contributed by atoms with van der Waals surface area (Å²) >= 11 is 6.01. The molecule has 2 aromatic carbocycles. The van der Waals surface area contributed by atoms with Crippen LogP contribution in [-0.4, -0.2) is 6.04 Å². The van der Waals surface area contributed by atoms with Gasteiger partial charge in [0, 0.05) is 16.7 Å². The van der Waals surface area contributed by atoms with Crippen molar-refractivity contribution in [3.05, 3.63) is 60.7 Å². The van der Waals surface area contributed by atoms with E-state index in [1.807, 2.05) is 12.1 Å². The zero-order chi connectivity index (χ0) is 13.0. The van der Waals surface area contributed by atoms with E-state index < -0.39 is 6.19 Å². The Morgan fingerprint density at radius 3 is 1.56 bits per heavy atom. The first-order valence-corrected chi connectivity index (χ1v) is 8.92.